The van der Waals surface area contributed by atoms with Gasteiger partial charge in [-0.1, -0.05) is 164 Å². The SMILES string of the molecule is c1ccc(-n2c3ccccc3c3c(-c4ccc5c6ccccc6n(-c6ccc(-c7ccc(-c8ccc(-c9ccc%10oc%11ccccc%11c%10c9)cc8)cc7)cc6)c5c4)cccc32)cc1. The average Bonchev–Trinajstić information content (AvgIpc) is 4.02. The van der Waals surface area contributed by atoms with Crippen LogP contribution in [0.3, 0.4) is 0 Å². The molecule has 0 aliphatic rings. The molecule has 3 aromatic heterocycles. The van der Waals surface area contributed by atoms with Crippen molar-refractivity contribution in [3.05, 3.63) is 231 Å². The van der Waals surface area contributed by atoms with Crippen molar-refractivity contribution in [1.82, 2.24) is 9.13 Å². The van der Waals surface area contributed by atoms with E-state index >= 15 is 0 Å². The van der Waals surface area contributed by atoms with E-state index in [1.807, 2.05) is 12.1 Å². The Morgan fingerprint density at radius 3 is 1.44 bits per heavy atom. The predicted octanol–water partition coefficient (Wildman–Crippen LogP) is 16.4. The molecular formula is C60H38N2O. The van der Waals surface area contributed by atoms with Crippen LogP contribution in [0.25, 0.3) is 121 Å². The Kier molecular flexibility index (Phi) is 7.91. The Balaban J connectivity index is 0.833. The van der Waals surface area contributed by atoms with Crippen molar-refractivity contribution in [2.75, 3.05) is 0 Å². The Morgan fingerprint density at radius 1 is 0.254 bits per heavy atom. The molecule has 0 bridgehead atoms. The number of para-hydroxylation sites is 4. The summed E-state index contributed by atoms with van der Waals surface area (Å²) in [6.45, 7) is 0. The molecule has 3 heterocycles. The highest BCUT2D eigenvalue weighted by atomic mass is 16.3. The van der Waals surface area contributed by atoms with E-state index < -0.39 is 0 Å². The van der Waals surface area contributed by atoms with Gasteiger partial charge in [-0.2, -0.15) is 0 Å². The average molecular weight is 803 g/mol. The van der Waals surface area contributed by atoms with Crippen LogP contribution in [-0.4, -0.2) is 9.13 Å². The fourth-order valence-corrected chi connectivity index (χ4v) is 9.95. The van der Waals surface area contributed by atoms with Crippen LogP contribution in [0.4, 0.5) is 0 Å². The van der Waals surface area contributed by atoms with Crippen LogP contribution in [0.2, 0.25) is 0 Å². The van der Waals surface area contributed by atoms with Gasteiger partial charge in [0.05, 0.1) is 22.1 Å². The summed E-state index contributed by atoms with van der Waals surface area (Å²) in [5.74, 6) is 0. The minimum Gasteiger partial charge on any atom is -0.456 e. The zero-order chi connectivity index (χ0) is 41.4. The van der Waals surface area contributed by atoms with Crippen LogP contribution in [0.1, 0.15) is 0 Å². The topological polar surface area (TPSA) is 23.0 Å². The molecule has 0 radical (unpaired) electrons. The molecule has 0 aliphatic carbocycles. The van der Waals surface area contributed by atoms with E-state index in [0.29, 0.717) is 0 Å². The number of aromatic nitrogens is 2. The first-order chi connectivity index (χ1) is 31.2. The number of benzene rings is 10. The Labute approximate surface area is 363 Å². The molecule has 0 aliphatic heterocycles. The van der Waals surface area contributed by atoms with Crippen molar-refractivity contribution in [2.45, 2.75) is 0 Å². The highest BCUT2D eigenvalue weighted by Gasteiger charge is 2.18. The van der Waals surface area contributed by atoms with E-state index in [2.05, 4.69) is 228 Å². The number of fused-ring (bicyclic) bond motifs is 9. The van der Waals surface area contributed by atoms with E-state index in [9.17, 15) is 0 Å². The van der Waals surface area contributed by atoms with Crippen molar-refractivity contribution in [2.24, 2.45) is 0 Å². The first-order valence-corrected chi connectivity index (χ1v) is 21.6. The van der Waals surface area contributed by atoms with E-state index in [-0.39, 0.29) is 0 Å². The van der Waals surface area contributed by atoms with E-state index in [1.165, 1.54) is 88.1 Å². The van der Waals surface area contributed by atoms with Crippen molar-refractivity contribution in [3.63, 3.8) is 0 Å². The fourth-order valence-electron chi connectivity index (χ4n) is 9.95. The van der Waals surface area contributed by atoms with Gasteiger partial charge in [-0.3, -0.25) is 0 Å². The molecule has 0 spiro atoms. The van der Waals surface area contributed by atoms with E-state index in [1.54, 1.807) is 0 Å². The largest absolute Gasteiger partial charge is 0.456 e. The quantitative estimate of drug-likeness (QED) is 0.164. The van der Waals surface area contributed by atoms with Gasteiger partial charge in [0.1, 0.15) is 11.2 Å². The number of rotatable bonds is 6. The van der Waals surface area contributed by atoms with Gasteiger partial charge in [0, 0.05) is 43.7 Å². The van der Waals surface area contributed by atoms with E-state index in [4.69, 9.17) is 4.42 Å². The normalized spacial score (nSPS) is 11.8. The lowest BCUT2D eigenvalue weighted by Gasteiger charge is -2.12. The highest BCUT2D eigenvalue weighted by molar-refractivity contribution is 6.17. The molecule has 3 nitrogen and oxygen atoms in total. The standard InChI is InChI=1S/C60H38N2O/c1-2-11-46(12-3-1)61-55-18-8-5-15-52(55)60-48(16-10-19-56(60)61)45-31-35-50-49-13-4-7-17-54(49)62(57(50)38-45)47-33-29-42(30-34-47)41-23-21-39(22-24-41)40-25-27-43(28-26-40)44-32-36-59-53(37-44)51-14-6-9-20-58(51)63-59/h1-38H. The van der Waals surface area contributed by atoms with Crippen molar-refractivity contribution < 1.29 is 4.42 Å². The molecule has 294 valence electrons. The lowest BCUT2D eigenvalue weighted by atomic mass is 9.97. The first-order valence-electron chi connectivity index (χ1n) is 21.6. The summed E-state index contributed by atoms with van der Waals surface area (Å²) < 4.78 is 10.9. The number of hydrogen-bond acceptors (Lipinski definition) is 1. The van der Waals surface area contributed by atoms with Gasteiger partial charge in [0.2, 0.25) is 0 Å². The van der Waals surface area contributed by atoms with Gasteiger partial charge in [0.25, 0.3) is 0 Å². The molecule has 13 aromatic rings. The Morgan fingerprint density at radius 2 is 0.730 bits per heavy atom. The third-order valence-corrected chi connectivity index (χ3v) is 13.0. The van der Waals surface area contributed by atoms with Crippen LogP contribution in [0.15, 0.2) is 235 Å². The van der Waals surface area contributed by atoms with Crippen LogP contribution in [0, 0.1) is 0 Å². The lowest BCUT2D eigenvalue weighted by Crippen LogP contribution is -1.94. The maximum absolute atomic E-state index is 6.06. The maximum Gasteiger partial charge on any atom is 0.135 e. The molecule has 10 aromatic carbocycles. The fraction of sp³-hybridized carbons (Fsp3) is 0. The summed E-state index contributed by atoms with van der Waals surface area (Å²) in [7, 11) is 0. The van der Waals surface area contributed by atoms with Crippen LogP contribution >= 0.6 is 0 Å². The molecule has 63 heavy (non-hydrogen) atoms. The van der Waals surface area contributed by atoms with Crippen LogP contribution in [0.5, 0.6) is 0 Å². The molecule has 0 fully saturated rings. The summed E-state index contributed by atoms with van der Waals surface area (Å²) >= 11 is 0. The van der Waals surface area contributed by atoms with Crippen molar-refractivity contribution in [3.8, 4) is 55.9 Å². The van der Waals surface area contributed by atoms with Gasteiger partial charge < -0.3 is 13.6 Å². The van der Waals surface area contributed by atoms with Gasteiger partial charge >= 0.3 is 0 Å². The molecule has 3 heteroatoms. The molecule has 0 saturated heterocycles. The summed E-state index contributed by atoms with van der Waals surface area (Å²) in [5, 5.41) is 7.31. The summed E-state index contributed by atoms with van der Waals surface area (Å²) in [6.07, 6.45) is 0. The highest BCUT2D eigenvalue weighted by Crippen LogP contribution is 2.41. The number of hydrogen-bond donors (Lipinski definition) is 0. The second kappa shape index (κ2) is 14.1. The van der Waals surface area contributed by atoms with Crippen molar-refractivity contribution >= 4 is 65.6 Å². The molecule has 13 rings (SSSR count). The smallest absolute Gasteiger partial charge is 0.135 e. The second-order valence-corrected chi connectivity index (χ2v) is 16.5. The van der Waals surface area contributed by atoms with Crippen LogP contribution < -0.4 is 0 Å². The zero-order valence-electron chi connectivity index (χ0n) is 34.2. The minimum absolute atomic E-state index is 0.918. The molecule has 0 amide bonds. The predicted molar refractivity (Wildman–Crippen MR) is 264 cm³/mol. The van der Waals surface area contributed by atoms with E-state index in [0.717, 1.165) is 33.3 Å². The third kappa shape index (κ3) is 5.67. The number of nitrogens with zero attached hydrogens (tertiary/aromatic N) is 2. The summed E-state index contributed by atoms with van der Waals surface area (Å²) in [4.78, 5) is 0. The number of furan rings is 1. The molecule has 0 unspecified atom stereocenters. The molecular weight excluding hydrogens is 765 g/mol. The van der Waals surface area contributed by atoms with Crippen LogP contribution in [-0.2, 0) is 0 Å². The third-order valence-electron chi connectivity index (χ3n) is 13.0. The zero-order valence-corrected chi connectivity index (χ0v) is 34.2. The maximum atomic E-state index is 6.06. The lowest BCUT2D eigenvalue weighted by molar-refractivity contribution is 0.669. The second-order valence-electron chi connectivity index (χ2n) is 16.5. The van der Waals surface area contributed by atoms with Gasteiger partial charge in [-0.05, 0) is 111 Å². The summed E-state index contributed by atoms with van der Waals surface area (Å²) in [5.41, 5.74) is 18.5. The van der Waals surface area contributed by atoms with Gasteiger partial charge in [0.15, 0.2) is 0 Å². The van der Waals surface area contributed by atoms with Gasteiger partial charge in [-0.25, -0.2) is 0 Å². The minimum atomic E-state index is 0.918. The molecule has 0 saturated carbocycles. The molecule has 0 N–H and O–H groups in total. The molecule has 0 atom stereocenters. The first kappa shape index (κ1) is 35.4. The Bertz CT molecular complexity index is 3870. The summed E-state index contributed by atoms with van der Waals surface area (Å²) in [6, 6.07) is 83.5. The van der Waals surface area contributed by atoms with Gasteiger partial charge in [-0.15, -0.1) is 0 Å². The Hall–Kier alpha value is -8.40. The monoisotopic (exact) mass is 802 g/mol. The van der Waals surface area contributed by atoms with Crippen molar-refractivity contribution in [1.29, 1.82) is 0 Å².